The fourth-order valence-electron chi connectivity index (χ4n) is 5.72. The van der Waals surface area contributed by atoms with Gasteiger partial charge in [-0.05, 0) is 62.2 Å². The Bertz CT molecular complexity index is 968. The van der Waals surface area contributed by atoms with Gasteiger partial charge in [0.1, 0.15) is 5.75 Å². The van der Waals surface area contributed by atoms with E-state index < -0.39 is 52.3 Å². The van der Waals surface area contributed by atoms with Gasteiger partial charge in [0.25, 0.3) is 0 Å². The van der Waals surface area contributed by atoms with E-state index in [1.54, 1.807) is 0 Å². The number of rotatable bonds is 5. The summed E-state index contributed by atoms with van der Waals surface area (Å²) in [6.45, 7) is 2.22. The molecule has 180 valence electrons. The molecule has 0 aliphatic heterocycles. The van der Waals surface area contributed by atoms with Crippen molar-refractivity contribution in [2.45, 2.75) is 70.6 Å². The van der Waals surface area contributed by atoms with Crippen LogP contribution in [0, 0.1) is 52.7 Å². The first kappa shape index (κ1) is 24.0. The van der Waals surface area contributed by atoms with Crippen molar-refractivity contribution in [1.29, 1.82) is 0 Å². The summed E-state index contributed by atoms with van der Waals surface area (Å²) in [5.74, 6) is -8.16. The molecule has 2 aromatic rings. The smallest absolute Gasteiger partial charge is 0.194 e. The van der Waals surface area contributed by atoms with Gasteiger partial charge in [-0.2, -0.15) is 0 Å². The van der Waals surface area contributed by atoms with Gasteiger partial charge in [-0.3, -0.25) is 0 Å². The summed E-state index contributed by atoms with van der Waals surface area (Å²) in [6, 6.07) is 1.45. The first-order valence-electron chi connectivity index (χ1n) is 11.8. The van der Waals surface area contributed by atoms with Crippen LogP contribution < -0.4 is 4.74 Å². The normalized spacial score (nSPS) is 25.8. The van der Waals surface area contributed by atoms with Gasteiger partial charge in [0.2, 0.25) is 0 Å². The van der Waals surface area contributed by atoms with E-state index >= 15 is 0 Å². The van der Waals surface area contributed by atoms with Gasteiger partial charge in [-0.15, -0.1) is 0 Å². The van der Waals surface area contributed by atoms with Gasteiger partial charge in [0.05, 0.1) is 0 Å². The van der Waals surface area contributed by atoms with Crippen LogP contribution in [0.5, 0.6) is 11.5 Å². The molecule has 0 aromatic heterocycles. The molecule has 7 heteroatoms. The van der Waals surface area contributed by atoms with E-state index in [0.717, 1.165) is 18.8 Å². The van der Waals surface area contributed by atoms with Crippen molar-refractivity contribution in [2.75, 3.05) is 0 Å². The second-order valence-corrected chi connectivity index (χ2v) is 9.50. The molecule has 0 N–H and O–H groups in total. The molecule has 0 spiro atoms. The van der Waals surface area contributed by atoms with Gasteiger partial charge in [-0.1, -0.05) is 26.2 Å². The fourth-order valence-corrected chi connectivity index (χ4v) is 5.72. The highest BCUT2D eigenvalue weighted by Crippen LogP contribution is 2.47. The molecule has 33 heavy (non-hydrogen) atoms. The Hall–Kier alpha value is -2.18. The van der Waals surface area contributed by atoms with Crippen molar-refractivity contribution in [3.8, 4) is 11.5 Å². The van der Waals surface area contributed by atoms with Crippen molar-refractivity contribution in [3.63, 3.8) is 0 Å². The minimum Gasteiger partial charge on any atom is -0.454 e. The summed E-state index contributed by atoms with van der Waals surface area (Å²) >= 11 is 0. The Morgan fingerprint density at radius 1 is 0.667 bits per heavy atom. The summed E-state index contributed by atoms with van der Waals surface area (Å²) in [7, 11) is 0. The topological polar surface area (TPSA) is 9.23 Å². The molecule has 0 amide bonds. The average Bonchev–Trinajstić information content (AvgIpc) is 2.81. The lowest BCUT2D eigenvalue weighted by Gasteiger charge is -2.38. The van der Waals surface area contributed by atoms with Crippen LogP contribution in [-0.4, -0.2) is 0 Å². The van der Waals surface area contributed by atoms with Crippen LogP contribution >= 0.6 is 0 Å². The largest absolute Gasteiger partial charge is 0.454 e. The predicted octanol–water partition coefficient (Wildman–Crippen LogP) is 8.80. The molecule has 0 radical (unpaired) electrons. The molecule has 2 fully saturated rings. The number of benzene rings is 2. The molecule has 1 nitrogen and oxygen atoms in total. The lowest BCUT2D eigenvalue weighted by Crippen LogP contribution is -2.25. The number of hydrogen-bond acceptors (Lipinski definition) is 1. The summed E-state index contributed by atoms with van der Waals surface area (Å²) < 4.78 is 89.3. The van der Waals surface area contributed by atoms with E-state index in [0.29, 0.717) is 42.9 Å². The minimum absolute atomic E-state index is 0.259. The monoisotopic (exact) mass is 470 g/mol. The third kappa shape index (κ3) is 5.02. The standard InChI is InChI=1S/C26H28F6O/c1-2-14-3-5-15(6-4-14)16-7-9-17(10-8-16)23-25(32)21(29)13-22(30)26(23)33-18-11-19(27)24(31)20(28)12-18/h11-17H,2-10H2,1H3. The first-order valence-corrected chi connectivity index (χ1v) is 11.8. The SMILES string of the molecule is CCC1CCC(C2CCC(c3c(F)c(F)cc(F)c3Oc3cc(F)c(F)c(F)c3)CC2)CC1. The summed E-state index contributed by atoms with van der Waals surface area (Å²) in [5, 5.41) is 0. The Labute approximate surface area is 190 Å². The number of hydrogen-bond donors (Lipinski definition) is 0. The second kappa shape index (κ2) is 9.98. The highest BCUT2D eigenvalue weighted by molar-refractivity contribution is 5.43. The molecule has 2 saturated carbocycles. The molecule has 2 aliphatic rings. The van der Waals surface area contributed by atoms with Crippen molar-refractivity contribution < 1.29 is 31.1 Å². The van der Waals surface area contributed by atoms with Gasteiger partial charge in [-0.25, -0.2) is 26.3 Å². The third-order valence-electron chi connectivity index (χ3n) is 7.65. The molecular weight excluding hydrogens is 442 g/mol. The van der Waals surface area contributed by atoms with E-state index in [4.69, 9.17) is 4.74 Å². The molecule has 2 aliphatic carbocycles. The van der Waals surface area contributed by atoms with E-state index in [2.05, 4.69) is 6.92 Å². The van der Waals surface area contributed by atoms with Crippen LogP contribution in [0.1, 0.15) is 76.2 Å². The van der Waals surface area contributed by atoms with E-state index in [1.807, 2.05) is 0 Å². The molecule has 0 unspecified atom stereocenters. The lowest BCUT2D eigenvalue weighted by atomic mass is 9.68. The number of halogens is 6. The maximum Gasteiger partial charge on any atom is 0.194 e. The van der Waals surface area contributed by atoms with Crippen molar-refractivity contribution >= 4 is 0 Å². The molecule has 0 bridgehead atoms. The van der Waals surface area contributed by atoms with Crippen LogP contribution in [-0.2, 0) is 0 Å². The quantitative estimate of drug-likeness (QED) is 0.241. The van der Waals surface area contributed by atoms with Gasteiger partial charge >= 0.3 is 0 Å². The van der Waals surface area contributed by atoms with Crippen molar-refractivity contribution in [2.24, 2.45) is 17.8 Å². The Morgan fingerprint density at radius 2 is 1.18 bits per heavy atom. The zero-order valence-electron chi connectivity index (χ0n) is 18.6. The highest BCUT2D eigenvalue weighted by Gasteiger charge is 2.34. The maximum absolute atomic E-state index is 14.9. The Morgan fingerprint density at radius 3 is 1.73 bits per heavy atom. The summed E-state index contributed by atoms with van der Waals surface area (Å²) in [4.78, 5) is 0. The van der Waals surface area contributed by atoms with E-state index in [1.165, 1.54) is 32.1 Å². The van der Waals surface area contributed by atoms with Crippen LogP contribution in [0.15, 0.2) is 18.2 Å². The van der Waals surface area contributed by atoms with Gasteiger partial charge in [0.15, 0.2) is 40.7 Å². The molecule has 4 rings (SSSR count). The van der Waals surface area contributed by atoms with Crippen molar-refractivity contribution in [1.82, 2.24) is 0 Å². The fraction of sp³-hybridized carbons (Fsp3) is 0.538. The Balaban J connectivity index is 1.54. The van der Waals surface area contributed by atoms with E-state index in [-0.39, 0.29) is 5.56 Å². The van der Waals surface area contributed by atoms with Crippen LogP contribution in [0.2, 0.25) is 0 Å². The number of ether oxygens (including phenoxy) is 1. The minimum atomic E-state index is -1.69. The average molecular weight is 470 g/mol. The molecule has 0 heterocycles. The van der Waals surface area contributed by atoms with Crippen molar-refractivity contribution in [3.05, 3.63) is 58.7 Å². The van der Waals surface area contributed by atoms with Gasteiger partial charge in [0, 0.05) is 23.8 Å². The summed E-state index contributed by atoms with van der Waals surface area (Å²) in [6.07, 6.45) is 8.77. The predicted molar refractivity (Wildman–Crippen MR) is 113 cm³/mol. The van der Waals surface area contributed by atoms with Crippen LogP contribution in [0.25, 0.3) is 0 Å². The Kier molecular flexibility index (Phi) is 7.25. The molecule has 0 atom stereocenters. The zero-order valence-corrected chi connectivity index (χ0v) is 18.6. The second-order valence-electron chi connectivity index (χ2n) is 9.50. The maximum atomic E-state index is 14.9. The third-order valence-corrected chi connectivity index (χ3v) is 7.65. The first-order chi connectivity index (χ1) is 15.8. The summed E-state index contributed by atoms with van der Waals surface area (Å²) in [5.41, 5.74) is -0.259. The molecule has 0 saturated heterocycles. The molecular formula is C26H28F6O. The lowest BCUT2D eigenvalue weighted by molar-refractivity contribution is 0.157. The van der Waals surface area contributed by atoms with Crippen LogP contribution in [0.4, 0.5) is 26.3 Å². The van der Waals surface area contributed by atoms with Gasteiger partial charge < -0.3 is 4.74 Å². The molecule has 2 aromatic carbocycles. The van der Waals surface area contributed by atoms with E-state index in [9.17, 15) is 26.3 Å². The zero-order chi connectivity index (χ0) is 23.7. The highest BCUT2D eigenvalue weighted by atomic mass is 19.2. The van der Waals surface area contributed by atoms with Crippen LogP contribution in [0.3, 0.4) is 0 Å².